The maximum atomic E-state index is 8.58. The normalized spacial score (nSPS) is 4.33. The van der Waals surface area contributed by atoms with E-state index in [0.717, 1.165) is 0 Å². The summed E-state index contributed by atoms with van der Waals surface area (Å²) in [5.74, 6) is 0. The van der Waals surface area contributed by atoms with E-state index in [0.29, 0.717) is 0 Å². The molecule has 0 fully saturated rings. The molecular formula is H2BaCaO3Ti. The van der Waals surface area contributed by atoms with Gasteiger partial charge in [0.15, 0.2) is 0 Å². The van der Waals surface area contributed by atoms with Gasteiger partial charge in [0.2, 0.25) is 0 Å². The predicted octanol–water partition coefficient (Wildman–Crippen LogP) is -3.80. The Morgan fingerprint density at radius 3 is 1.33 bits per heavy atom. The maximum absolute atomic E-state index is 8.58. The molecule has 0 amide bonds. The van der Waals surface area contributed by atoms with Crippen molar-refractivity contribution in [1.29, 1.82) is 0 Å². The minimum absolute atomic E-state index is 0. The van der Waals surface area contributed by atoms with E-state index in [1.807, 2.05) is 0 Å². The molecule has 0 N–H and O–H groups in total. The van der Waals surface area contributed by atoms with Crippen LogP contribution in [0.25, 0.3) is 0 Å². The summed E-state index contributed by atoms with van der Waals surface area (Å²) in [6, 6.07) is 0. The molecular weight excluding hydrogens is 273 g/mol. The van der Waals surface area contributed by atoms with Gasteiger partial charge in [0.25, 0.3) is 0 Å². The zero-order chi connectivity index (χ0) is 3.58. The number of hydrogen-bond acceptors (Lipinski definition) is 3. The number of hydrogen-bond donors (Lipinski definition) is 0. The molecule has 0 heterocycles. The van der Waals surface area contributed by atoms with E-state index in [9.17, 15) is 0 Å². The van der Waals surface area contributed by atoms with Crippen LogP contribution in [-0.4, -0.2) is 86.6 Å². The molecule has 3 nitrogen and oxygen atoms in total. The van der Waals surface area contributed by atoms with E-state index in [4.69, 9.17) is 10.7 Å². The van der Waals surface area contributed by atoms with Crippen molar-refractivity contribution in [2.45, 2.75) is 0 Å². The first kappa shape index (κ1) is 16.1. The fourth-order valence-corrected chi connectivity index (χ4v) is 0. The second kappa shape index (κ2) is 11.1. The summed E-state index contributed by atoms with van der Waals surface area (Å²) >= 11 is -4.08. The molecule has 0 unspecified atom stereocenters. The van der Waals surface area contributed by atoms with E-state index in [1.54, 1.807) is 0 Å². The summed E-state index contributed by atoms with van der Waals surface area (Å²) in [4.78, 5) is 0. The Bertz CT molecular complexity index is 33.8. The topological polar surface area (TPSA) is 63.2 Å². The van der Waals surface area contributed by atoms with Gasteiger partial charge in [-0.1, -0.05) is 0 Å². The van der Waals surface area contributed by atoms with Crippen LogP contribution >= 0.6 is 0 Å². The van der Waals surface area contributed by atoms with Crippen molar-refractivity contribution in [2.75, 3.05) is 0 Å². The van der Waals surface area contributed by atoms with Gasteiger partial charge in [-0.25, -0.2) is 0 Å². The van der Waals surface area contributed by atoms with Crippen molar-refractivity contribution in [3.8, 4) is 0 Å². The van der Waals surface area contributed by atoms with E-state index in [2.05, 4.69) is 0 Å². The van der Waals surface area contributed by atoms with Crippen molar-refractivity contribution in [1.82, 2.24) is 0 Å². The van der Waals surface area contributed by atoms with Crippen LogP contribution in [0.4, 0.5) is 0 Å². The van der Waals surface area contributed by atoms with Crippen LogP contribution in [0.15, 0.2) is 0 Å². The van der Waals surface area contributed by atoms with Crippen LogP contribution in [0.1, 0.15) is 0 Å². The Kier molecular flexibility index (Phi) is 29.9. The van der Waals surface area contributed by atoms with E-state index < -0.39 is 18.6 Å². The van der Waals surface area contributed by atoms with Gasteiger partial charge in [0.1, 0.15) is 0 Å². The first-order chi connectivity index (χ1) is 1.73. The average molecular weight is 275 g/mol. The Labute approximate surface area is 113 Å². The van der Waals surface area contributed by atoms with Crippen molar-refractivity contribution in [3.63, 3.8) is 0 Å². The second-order valence-electron chi connectivity index (χ2n) is 0.250. The van der Waals surface area contributed by atoms with E-state index in [-0.39, 0.29) is 86.6 Å². The van der Waals surface area contributed by atoms with Gasteiger partial charge >= 0.3 is 116 Å². The predicted molar refractivity (Wildman–Crippen MR) is 15.0 cm³/mol. The third-order valence-corrected chi connectivity index (χ3v) is 0. The standard InChI is InChI=1S/Ba.Ca.3O.Ti.2H/q;+2;;2*-1;;;. The fourth-order valence-electron chi connectivity index (χ4n) is 0. The van der Waals surface area contributed by atoms with Crippen molar-refractivity contribution >= 4 is 86.6 Å². The summed E-state index contributed by atoms with van der Waals surface area (Å²) in [7, 11) is 0. The van der Waals surface area contributed by atoms with Crippen LogP contribution < -0.4 is 7.38 Å². The molecule has 6 heteroatoms. The Morgan fingerprint density at radius 1 is 1.33 bits per heavy atom. The first-order valence-corrected chi connectivity index (χ1v) is 2.52. The Hall–Kier alpha value is 3.27. The van der Waals surface area contributed by atoms with Crippen LogP contribution in [0.3, 0.4) is 0 Å². The molecule has 0 aliphatic rings. The monoisotopic (exact) mass is 276 g/mol. The van der Waals surface area contributed by atoms with Gasteiger partial charge in [-0.05, 0) is 0 Å². The molecule has 6 heavy (non-hydrogen) atoms. The molecule has 0 atom stereocenters. The first-order valence-electron chi connectivity index (χ1n) is 0.612. The molecule has 0 spiro atoms. The van der Waals surface area contributed by atoms with Crippen molar-refractivity contribution in [3.05, 3.63) is 0 Å². The number of rotatable bonds is 0. The zero-order valence-corrected chi connectivity index (χ0v) is 6.20. The fraction of sp³-hybridized carbons (Fsp3) is 0. The van der Waals surface area contributed by atoms with E-state index in [1.165, 1.54) is 0 Å². The Balaban J connectivity index is -0.0000000450. The molecule has 0 aliphatic carbocycles. The van der Waals surface area contributed by atoms with Gasteiger partial charge in [0, 0.05) is 0 Å². The Morgan fingerprint density at radius 2 is 1.33 bits per heavy atom. The van der Waals surface area contributed by atoms with Crippen LogP contribution in [-0.2, 0) is 21.9 Å². The molecule has 0 aromatic rings. The van der Waals surface area contributed by atoms with Crippen LogP contribution in [0.5, 0.6) is 0 Å². The van der Waals surface area contributed by atoms with Crippen LogP contribution in [0.2, 0.25) is 0 Å². The quantitative estimate of drug-likeness (QED) is 0.426. The van der Waals surface area contributed by atoms with Gasteiger partial charge in [-0.3, -0.25) is 0 Å². The molecule has 0 aromatic carbocycles. The third kappa shape index (κ3) is 26.7. The molecule has 0 saturated heterocycles. The van der Waals surface area contributed by atoms with Gasteiger partial charge in [0.05, 0.1) is 0 Å². The van der Waals surface area contributed by atoms with Crippen molar-refractivity contribution in [2.24, 2.45) is 0 Å². The molecule has 0 bridgehead atoms. The van der Waals surface area contributed by atoms with Gasteiger partial charge in [-0.15, -0.1) is 0 Å². The second-order valence-corrected chi connectivity index (χ2v) is 1.03. The van der Waals surface area contributed by atoms with Gasteiger partial charge in [-0.2, -0.15) is 0 Å². The summed E-state index contributed by atoms with van der Waals surface area (Å²) in [5.41, 5.74) is 0. The molecule has 0 rings (SSSR count). The third-order valence-electron chi connectivity index (χ3n) is 0. The van der Waals surface area contributed by atoms with E-state index >= 15 is 0 Å². The average Bonchev–Trinajstić information content (AvgIpc) is 0.811. The molecule has 0 aliphatic heterocycles. The summed E-state index contributed by atoms with van der Waals surface area (Å²) < 4.78 is 25.8. The molecule has 28 valence electrons. The molecule has 0 radical (unpaired) electrons. The zero-order valence-electron chi connectivity index (χ0n) is 2.43. The minimum atomic E-state index is -4.08. The SMILES string of the molecule is [BaH2].[Ca+2].[O]=[Ti]([O-])[O-]. The summed E-state index contributed by atoms with van der Waals surface area (Å²) in [6.07, 6.45) is 0. The summed E-state index contributed by atoms with van der Waals surface area (Å²) in [6.45, 7) is 0. The molecule has 0 aromatic heterocycles. The van der Waals surface area contributed by atoms with Crippen molar-refractivity contribution < 1.29 is 29.3 Å². The van der Waals surface area contributed by atoms with Gasteiger partial charge < -0.3 is 0 Å². The molecule has 0 saturated carbocycles. The summed E-state index contributed by atoms with van der Waals surface area (Å²) in [5, 5.41) is 0. The van der Waals surface area contributed by atoms with Crippen LogP contribution in [0, 0.1) is 0 Å².